The molecule has 1 aromatic heterocycles. The Bertz CT molecular complexity index is 1160. The van der Waals surface area contributed by atoms with Crippen LogP contribution in [0.1, 0.15) is 41.4 Å². The number of nitrogens with one attached hydrogen (secondary N) is 1. The van der Waals surface area contributed by atoms with Crippen molar-refractivity contribution < 1.29 is 28.9 Å². The van der Waals surface area contributed by atoms with Gasteiger partial charge in [-0.05, 0) is 37.4 Å². The molecule has 0 aliphatic carbocycles. The van der Waals surface area contributed by atoms with Gasteiger partial charge in [0.05, 0.1) is 18.2 Å². The number of carboxylic acid groups (broad SMARTS) is 1. The number of benzene rings is 2. The molecule has 1 aliphatic rings. The number of hydrogen-bond donors (Lipinski definition) is 2. The molecule has 0 unspecified atom stereocenters. The van der Waals surface area contributed by atoms with Crippen molar-refractivity contribution in [1.82, 2.24) is 10.3 Å². The topological polar surface area (TPSA) is 107 Å². The van der Waals surface area contributed by atoms with Gasteiger partial charge >= 0.3 is 6.09 Å². The molecule has 4 rings (SSSR count). The average Bonchev–Trinajstić information content (AvgIpc) is 2.77. The van der Waals surface area contributed by atoms with E-state index in [-0.39, 0.29) is 5.78 Å². The molecule has 31 heavy (non-hydrogen) atoms. The first-order chi connectivity index (χ1) is 15.0. The van der Waals surface area contributed by atoms with E-state index in [9.17, 15) is 9.59 Å². The fourth-order valence-electron chi connectivity index (χ4n) is 3.72. The summed E-state index contributed by atoms with van der Waals surface area (Å²) in [5.41, 5.74) is 1.44. The van der Waals surface area contributed by atoms with Crippen LogP contribution in [0.5, 0.6) is 17.4 Å². The summed E-state index contributed by atoms with van der Waals surface area (Å²) in [6.07, 6.45) is 0.467. The van der Waals surface area contributed by atoms with Gasteiger partial charge in [-0.15, -0.1) is 0 Å². The Morgan fingerprint density at radius 3 is 2.61 bits per heavy atom. The fraction of sp³-hybridized carbons (Fsp3) is 0.261. The molecule has 0 radical (unpaired) electrons. The maximum atomic E-state index is 13.6. The molecule has 0 saturated heterocycles. The highest BCUT2D eigenvalue weighted by Gasteiger charge is 2.27. The average molecular weight is 422 g/mol. The highest BCUT2D eigenvalue weighted by molar-refractivity contribution is 6.18. The van der Waals surface area contributed by atoms with E-state index in [4.69, 9.17) is 19.3 Å². The van der Waals surface area contributed by atoms with Crippen molar-refractivity contribution in [2.75, 3.05) is 19.8 Å². The van der Waals surface area contributed by atoms with Crippen LogP contribution in [-0.2, 0) is 0 Å². The second-order valence-corrected chi connectivity index (χ2v) is 7.01. The molecule has 1 amide bonds. The summed E-state index contributed by atoms with van der Waals surface area (Å²) in [5.74, 6) is 0.950. The maximum Gasteiger partial charge on any atom is 0.405 e. The second-order valence-electron chi connectivity index (χ2n) is 7.01. The van der Waals surface area contributed by atoms with E-state index in [0.717, 1.165) is 10.8 Å². The van der Waals surface area contributed by atoms with Gasteiger partial charge in [0.1, 0.15) is 13.2 Å². The van der Waals surface area contributed by atoms with E-state index in [1.54, 1.807) is 43.5 Å². The van der Waals surface area contributed by atoms with Crippen molar-refractivity contribution in [3.63, 3.8) is 0 Å². The first-order valence-corrected chi connectivity index (χ1v) is 9.98. The Labute approximate surface area is 178 Å². The summed E-state index contributed by atoms with van der Waals surface area (Å²) < 4.78 is 17.2. The molecule has 8 nitrogen and oxygen atoms in total. The Kier molecular flexibility index (Phi) is 5.62. The number of rotatable bonds is 6. The lowest BCUT2D eigenvalue weighted by Crippen LogP contribution is -2.26. The van der Waals surface area contributed by atoms with E-state index in [1.165, 1.54) is 0 Å². The van der Waals surface area contributed by atoms with E-state index in [2.05, 4.69) is 10.3 Å². The zero-order valence-corrected chi connectivity index (χ0v) is 17.2. The third kappa shape index (κ3) is 3.84. The SMILES string of the molecule is CCOc1nccc2c(C(=O)c3ccc([C@H](C)NC(=O)O)c4c3OCCO4)cccc12. The smallest absolute Gasteiger partial charge is 0.405 e. The molecule has 1 atom stereocenters. The van der Waals surface area contributed by atoms with Crippen LogP contribution in [0.15, 0.2) is 42.6 Å². The number of ketones is 1. The number of carbonyl (C=O) groups excluding carboxylic acids is 1. The predicted molar refractivity (Wildman–Crippen MR) is 113 cm³/mol. The number of aromatic nitrogens is 1. The van der Waals surface area contributed by atoms with Crippen LogP contribution in [0, 0.1) is 0 Å². The van der Waals surface area contributed by atoms with Crippen LogP contribution in [0.25, 0.3) is 10.8 Å². The lowest BCUT2D eigenvalue weighted by molar-refractivity contribution is 0.102. The third-order valence-electron chi connectivity index (χ3n) is 5.07. The van der Waals surface area contributed by atoms with Crippen molar-refractivity contribution in [2.45, 2.75) is 19.9 Å². The van der Waals surface area contributed by atoms with Crippen LogP contribution in [0.2, 0.25) is 0 Å². The lowest BCUT2D eigenvalue weighted by Gasteiger charge is -2.25. The van der Waals surface area contributed by atoms with Crippen molar-refractivity contribution in [2.24, 2.45) is 0 Å². The summed E-state index contributed by atoms with van der Waals surface area (Å²) in [7, 11) is 0. The molecular weight excluding hydrogens is 400 g/mol. The number of nitrogens with zero attached hydrogens (tertiary/aromatic N) is 1. The number of carbonyl (C=O) groups is 2. The highest BCUT2D eigenvalue weighted by atomic mass is 16.6. The summed E-state index contributed by atoms with van der Waals surface area (Å²) >= 11 is 0. The first-order valence-electron chi connectivity index (χ1n) is 9.98. The quantitative estimate of drug-likeness (QED) is 0.579. The molecule has 2 heterocycles. The number of ether oxygens (including phenoxy) is 3. The van der Waals surface area contributed by atoms with Gasteiger partial charge in [0.25, 0.3) is 0 Å². The molecule has 160 valence electrons. The summed E-state index contributed by atoms with van der Waals surface area (Å²) in [4.78, 5) is 28.9. The van der Waals surface area contributed by atoms with E-state index >= 15 is 0 Å². The van der Waals surface area contributed by atoms with Gasteiger partial charge in [0.2, 0.25) is 5.88 Å². The molecule has 0 fully saturated rings. The predicted octanol–water partition coefficient (Wildman–Crippen LogP) is 3.96. The number of hydrogen-bond acceptors (Lipinski definition) is 6. The minimum atomic E-state index is -1.15. The molecule has 0 bridgehead atoms. The lowest BCUT2D eigenvalue weighted by atomic mass is 9.94. The molecule has 2 N–H and O–H groups in total. The number of fused-ring (bicyclic) bond motifs is 2. The largest absolute Gasteiger partial charge is 0.486 e. The van der Waals surface area contributed by atoms with Gasteiger partial charge in [0, 0.05) is 22.7 Å². The molecule has 1 aliphatic heterocycles. The first kappa shape index (κ1) is 20.5. The van der Waals surface area contributed by atoms with E-state index in [0.29, 0.717) is 53.9 Å². The van der Waals surface area contributed by atoms with Crippen LogP contribution < -0.4 is 19.5 Å². The minimum Gasteiger partial charge on any atom is -0.486 e. The molecule has 0 saturated carbocycles. The van der Waals surface area contributed by atoms with Crippen LogP contribution in [0.4, 0.5) is 4.79 Å². The van der Waals surface area contributed by atoms with Crippen LogP contribution >= 0.6 is 0 Å². The van der Waals surface area contributed by atoms with Gasteiger partial charge in [0.15, 0.2) is 17.3 Å². The second kappa shape index (κ2) is 8.51. The van der Waals surface area contributed by atoms with Gasteiger partial charge in [-0.1, -0.05) is 18.2 Å². The van der Waals surface area contributed by atoms with Gasteiger partial charge in [-0.2, -0.15) is 0 Å². The van der Waals surface area contributed by atoms with Crippen molar-refractivity contribution in [1.29, 1.82) is 0 Å². The van der Waals surface area contributed by atoms with Crippen LogP contribution in [-0.4, -0.2) is 41.8 Å². The molecular formula is C23H22N2O6. The molecule has 8 heteroatoms. The Morgan fingerprint density at radius 1 is 1.10 bits per heavy atom. The minimum absolute atomic E-state index is 0.230. The van der Waals surface area contributed by atoms with Crippen LogP contribution in [0.3, 0.4) is 0 Å². The standard InChI is InChI=1S/C23H22N2O6/c1-3-29-22-17-6-4-5-16(15(17)9-10-24-22)19(26)18-8-7-14(13(2)25-23(27)28)20-21(18)31-12-11-30-20/h4-10,13,25H,3,11-12H2,1-2H3,(H,27,28)/t13-/m0/s1. The summed E-state index contributed by atoms with van der Waals surface area (Å²) in [6.45, 7) is 4.66. The van der Waals surface area contributed by atoms with Gasteiger partial charge in [-0.25, -0.2) is 9.78 Å². The normalized spacial score (nSPS) is 13.5. The van der Waals surface area contributed by atoms with Gasteiger partial charge in [-0.3, -0.25) is 4.79 Å². The highest BCUT2D eigenvalue weighted by Crippen LogP contribution is 2.41. The third-order valence-corrected chi connectivity index (χ3v) is 5.07. The number of amides is 1. The maximum absolute atomic E-state index is 13.6. The van der Waals surface area contributed by atoms with Gasteiger partial charge < -0.3 is 24.6 Å². The van der Waals surface area contributed by atoms with Crippen molar-refractivity contribution >= 4 is 22.6 Å². The zero-order chi connectivity index (χ0) is 22.0. The summed E-state index contributed by atoms with van der Waals surface area (Å²) in [5, 5.41) is 12.9. The monoisotopic (exact) mass is 422 g/mol. The zero-order valence-electron chi connectivity index (χ0n) is 17.2. The number of pyridine rings is 1. The van der Waals surface area contributed by atoms with Crippen molar-refractivity contribution in [3.8, 4) is 17.4 Å². The Hall–Kier alpha value is -3.81. The van der Waals surface area contributed by atoms with E-state index < -0.39 is 12.1 Å². The van der Waals surface area contributed by atoms with E-state index in [1.807, 2.05) is 13.0 Å². The molecule has 3 aromatic rings. The van der Waals surface area contributed by atoms with Crippen molar-refractivity contribution in [3.05, 3.63) is 59.3 Å². The Balaban J connectivity index is 1.81. The molecule has 2 aromatic carbocycles. The fourth-order valence-corrected chi connectivity index (χ4v) is 3.72. The summed E-state index contributed by atoms with van der Waals surface area (Å²) in [6, 6.07) is 9.99. The Morgan fingerprint density at radius 2 is 1.87 bits per heavy atom. The molecule has 0 spiro atoms.